The third kappa shape index (κ3) is 2.67. The van der Waals surface area contributed by atoms with Crippen molar-refractivity contribution in [3.8, 4) is 0 Å². The lowest BCUT2D eigenvalue weighted by atomic mass is 10.2. The lowest BCUT2D eigenvalue weighted by Gasteiger charge is -2.02. The molecule has 2 aromatic rings. The highest BCUT2D eigenvalue weighted by molar-refractivity contribution is 5.19. The topological polar surface area (TPSA) is 51.0 Å². The molecule has 2 rings (SSSR count). The van der Waals surface area contributed by atoms with E-state index in [2.05, 4.69) is 21.4 Å². The largest absolute Gasteiger partial charge is 0.466 e. The van der Waals surface area contributed by atoms with Crippen molar-refractivity contribution >= 4 is 0 Å². The first-order chi connectivity index (χ1) is 7.75. The first-order valence-corrected chi connectivity index (χ1v) is 5.26. The third-order valence-electron chi connectivity index (χ3n) is 2.40. The number of aryl methyl sites for hydroxylation is 2. The number of rotatable bonds is 4. The first-order valence-electron chi connectivity index (χ1n) is 5.26. The molecule has 0 aliphatic heterocycles. The van der Waals surface area contributed by atoms with Gasteiger partial charge in [-0.05, 0) is 19.9 Å². The van der Waals surface area contributed by atoms with Crippen LogP contribution in [0.25, 0.3) is 0 Å². The van der Waals surface area contributed by atoms with E-state index in [0.717, 1.165) is 30.2 Å². The number of nitrogens with zero attached hydrogens (tertiary/aromatic N) is 2. The molecule has 0 atom stereocenters. The Morgan fingerprint density at radius 2 is 1.94 bits per heavy atom. The highest BCUT2D eigenvalue weighted by atomic mass is 16.3. The summed E-state index contributed by atoms with van der Waals surface area (Å²) in [6, 6.07) is 2.06. The van der Waals surface area contributed by atoms with Crippen molar-refractivity contribution in [2.45, 2.75) is 26.9 Å². The van der Waals surface area contributed by atoms with Crippen LogP contribution in [0.5, 0.6) is 0 Å². The standard InChI is InChI=1S/C12H15N3O/c1-9-3-12(10(2)16-9)7-13-4-11-5-14-8-15-6-11/h3,5-6,8,13H,4,7H2,1-2H3. The quantitative estimate of drug-likeness (QED) is 0.850. The summed E-state index contributed by atoms with van der Waals surface area (Å²) in [5.41, 5.74) is 2.29. The summed E-state index contributed by atoms with van der Waals surface area (Å²) in [5.74, 6) is 1.94. The zero-order chi connectivity index (χ0) is 11.4. The van der Waals surface area contributed by atoms with Crippen molar-refractivity contribution in [3.63, 3.8) is 0 Å². The van der Waals surface area contributed by atoms with Gasteiger partial charge in [0, 0.05) is 36.6 Å². The Bertz CT molecular complexity index is 451. The van der Waals surface area contributed by atoms with Gasteiger partial charge in [-0.1, -0.05) is 0 Å². The summed E-state index contributed by atoms with van der Waals surface area (Å²) < 4.78 is 5.45. The molecular weight excluding hydrogens is 202 g/mol. The summed E-state index contributed by atoms with van der Waals surface area (Å²) in [5, 5.41) is 3.33. The molecule has 0 amide bonds. The van der Waals surface area contributed by atoms with Crippen LogP contribution in [0.2, 0.25) is 0 Å². The van der Waals surface area contributed by atoms with E-state index in [0.29, 0.717) is 0 Å². The van der Waals surface area contributed by atoms with Crippen molar-refractivity contribution in [2.75, 3.05) is 0 Å². The lowest BCUT2D eigenvalue weighted by molar-refractivity contribution is 0.499. The zero-order valence-corrected chi connectivity index (χ0v) is 9.53. The van der Waals surface area contributed by atoms with Crippen LogP contribution < -0.4 is 5.32 Å². The molecule has 0 unspecified atom stereocenters. The summed E-state index contributed by atoms with van der Waals surface area (Å²) in [6.07, 6.45) is 5.16. The third-order valence-corrected chi connectivity index (χ3v) is 2.40. The molecule has 84 valence electrons. The van der Waals surface area contributed by atoms with Crippen LogP contribution >= 0.6 is 0 Å². The first kappa shape index (κ1) is 10.8. The van der Waals surface area contributed by atoms with Crippen LogP contribution in [-0.2, 0) is 13.1 Å². The molecule has 4 heteroatoms. The van der Waals surface area contributed by atoms with Gasteiger partial charge < -0.3 is 9.73 Å². The van der Waals surface area contributed by atoms with Crippen molar-refractivity contribution in [3.05, 3.63) is 47.4 Å². The van der Waals surface area contributed by atoms with Crippen molar-refractivity contribution in [1.82, 2.24) is 15.3 Å². The zero-order valence-electron chi connectivity index (χ0n) is 9.53. The van der Waals surface area contributed by atoms with Crippen molar-refractivity contribution in [2.24, 2.45) is 0 Å². The summed E-state index contributed by atoms with van der Waals surface area (Å²) in [7, 11) is 0. The molecule has 0 fully saturated rings. The maximum Gasteiger partial charge on any atom is 0.115 e. The molecule has 4 nitrogen and oxygen atoms in total. The van der Waals surface area contributed by atoms with Crippen molar-refractivity contribution in [1.29, 1.82) is 0 Å². The van der Waals surface area contributed by atoms with Gasteiger partial charge >= 0.3 is 0 Å². The minimum absolute atomic E-state index is 0.768. The van der Waals surface area contributed by atoms with Gasteiger partial charge in [0.25, 0.3) is 0 Å². The monoisotopic (exact) mass is 217 g/mol. The molecule has 0 bridgehead atoms. The summed E-state index contributed by atoms with van der Waals surface area (Å²) >= 11 is 0. The predicted molar refractivity (Wildman–Crippen MR) is 60.8 cm³/mol. The highest BCUT2D eigenvalue weighted by Gasteiger charge is 2.03. The van der Waals surface area contributed by atoms with E-state index in [9.17, 15) is 0 Å². The fourth-order valence-electron chi connectivity index (χ4n) is 1.62. The molecule has 1 N–H and O–H groups in total. The molecule has 2 aromatic heterocycles. The van der Waals surface area contributed by atoms with E-state index in [4.69, 9.17) is 4.42 Å². The van der Waals surface area contributed by atoms with Crippen LogP contribution in [0.15, 0.2) is 29.2 Å². The number of hydrogen-bond donors (Lipinski definition) is 1. The van der Waals surface area contributed by atoms with Crippen LogP contribution in [0.1, 0.15) is 22.6 Å². The second-order valence-electron chi connectivity index (χ2n) is 3.79. The van der Waals surface area contributed by atoms with Crippen LogP contribution in [0.3, 0.4) is 0 Å². The molecular formula is C12H15N3O. The molecule has 0 radical (unpaired) electrons. The average Bonchev–Trinajstić information content (AvgIpc) is 2.59. The predicted octanol–water partition coefficient (Wildman–Crippen LogP) is 1.98. The highest BCUT2D eigenvalue weighted by Crippen LogP contribution is 2.13. The number of aromatic nitrogens is 2. The van der Waals surface area contributed by atoms with Crippen LogP contribution in [-0.4, -0.2) is 9.97 Å². The number of furan rings is 1. The van der Waals surface area contributed by atoms with Gasteiger partial charge in [-0.3, -0.25) is 0 Å². The second kappa shape index (κ2) is 4.90. The molecule has 2 heterocycles. The van der Waals surface area contributed by atoms with E-state index >= 15 is 0 Å². The van der Waals surface area contributed by atoms with E-state index in [1.54, 1.807) is 0 Å². The van der Waals surface area contributed by atoms with Gasteiger partial charge in [-0.25, -0.2) is 9.97 Å². The Balaban J connectivity index is 1.87. The Hall–Kier alpha value is -1.68. The van der Waals surface area contributed by atoms with E-state index in [-0.39, 0.29) is 0 Å². The van der Waals surface area contributed by atoms with E-state index in [1.165, 1.54) is 11.9 Å². The van der Waals surface area contributed by atoms with Gasteiger partial charge in [0.05, 0.1) is 0 Å². The molecule has 0 saturated carbocycles. The number of nitrogens with one attached hydrogen (secondary N) is 1. The normalized spacial score (nSPS) is 10.6. The van der Waals surface area contributed by atoms with E-state index in [1.807, 2.05) is 26.2 Å². The Morgan fingerprint density at radius 1 is 1.19 bits per heavy atom. The van der Waals surface area contributed by atoms with Crippen LogP contribution in [0, 0.1) is 13.8 Å². The molecule has 0 aromatic carbocycles. The fourth-order valence-corrected chi connectivity index (χ4v) is 1.62. The van der Waals surface area contributed by atoms with Gasteiger partial charge in [-0.15, -0.1) is 0 Å². The van der Waals surface area contributed by atoms with Gasteiger partial charge in [0.1, 0.15) is 17.8 Å². The Morgan fingerprint density at radius 3 is 2.56 bits per heavy atom. The van der Waals surface area contributed by atoms with Crippen LogP contribution in [0.4, 0.5) is 0 Å². The molecule has 16 heavy (non-hydrogen) atoms. The second-order valence-corrected chi connectivity index (χ2v) is 3.79. The average molecular weight is 217 g/mol. The number of hydrogen-bond acceptors (Lipinski definition) is 4. The molecule has 0 aliphatic carbocycles. The van der Waals surface area contributed by atoms with Gasteiger partial charge in [-0.2, -0.15) is 0 Å². The van der Waals surface area contributed by atoms with Crippen molar-refractivity contribution < 1.29 is 4.42 Å². The molecule has 0 spiro atoms. The SMILES string of the molecule is Cc1cc(CNCc2cncnc2)c(C)o1. The minimum atomic E-state index is 0.768. The van der Waals surface area contributed by atoms with E-state index < -0.39 is 0 Å². The fraction of sp³-hybridized carbons (Fsp3) is 0.333. The lowest BCUT2D eigenvalue weighted by Crippen LogP contribution is -2.13. The minimum Gasteiger partial charge on any atom is -0.466 e. The summed E-state index contributed by atoms with van der Waals surface area (Å²) in [4.78, 5) is 7.92. The van der Waals surface area contributed by atoms with Gasteiger partial charge in [0.2, 0.25) is 0 Å². The molecule has 0 aliphatic rings. The van der Waals surface area contributed by atoms with Gasteiger partial charge in [0.15, 0.2) is 0 Å². The maximum atomic E-state index is 5.45. The maximum absolute atomic E-state index is 5.45. The Kier molecular flexibility index (Phi) is 3.31. The smallest absolute Gasteiger partial charge is 0.115 e. The Labute approximate surface area is 94.7 Å². The molecule has 0 saturated heterocycles. The summed E-state index contributed by atoms with van der Waals surface area (Å²) in [6.45, 7) is 5.51.